The maximum atomic E-state index is 13.9. The molecule has 0 fully saturated rings. The average Bonchev–Trinajstić information content (AvgIpc) is 2.83. The minimum absolute atomic E-state index is 0.116. The smallest absolute Gasteiger partial charge is 0.408 e. The van der Waals surface area contributed by atoms with Gasteiger partial charge in [-0.25, -0.2) is 4.79 Å². The first kappa shape index (κ1) is 30.3. The molecule has 0 bridgehead atoms. The van der Waals surface area contributed by atoms with Crippen molar-refractivity contribution in [1.82, 2.24) is 10.2 Å². The number of nitrogens with zero attached hydrogens (tertiary/aromatic N) is 1. The molecule has 38 heavy (non-hydrogen) atoms. The Bertz CT molecular complexity index is 1110. The van der Waals surface area contributed by atoms with E-state index >= 15 is 0 Å². The molecular weight excluding hydrogens is 488 g/mol. The molecule has 10 nitrogen and oxygen atoms in total. The van der Waals surface area contributed by atoms with E-state index in [1.54, 1.807) is 51.1 Å². The monoisotopic (exact) mass is 526 g/mol. The number of primary amides is 1. The van der Waals surface area contributed by atoms with Crippen molar-refractivity contribution in [1.29, 1.82) is 0 Å². The number of rotatable bonds is 11. The van der Waals surface area contributed by atoms with Crippen molar-refractivity contribution in [3.05, 3.63) is 65.2 Å². The van der Waals surface area contributed by atoms with Crippen LogP contribution >= 0.6 is 0 Å². The van der Waals surface area contributed by atoms with Gasteiger partial charge in [-0.05, 0) is 57.7 Å². The average molecular weight is 527 g/mol. The fraction of sp³-hybridized carbons (Fsp3) is 0.429. The van der Waals surface area contributed by atoms with Crippen molar-refractivity contribution in [2.24, 2.45) is 5.73 Å². The SMILES string of the molecule is Cc1cccc(C)c1NC(=O)C(c1ccccc1)N(CCO)C(=O)C(CCC(N)=O)NC(=O)OC(C)(C)C. The molecule has 10 heteroatoms. The second-order valence-electron chi connectivity index (χ2n) is 10.0. The van der Waals surface area contributed by atoms with Gasteiger partial charge in [0.25, 0.3) is 5.91 Å². The van der Waals surface area contributed by atoms with Crippen molar-refractivity contribution in [2.45, 2.75) is 65.1 Å². The van der Waals surface area contributed by atoms with Gasteiger partial charge in [0.2, 0.25) is 11.8 Å². The van der Waals surface area contributed by atoms with Crippen LogP contribution in [0.4, 0.5) is 10.5 Å². The number of amides is 4. The van der Waals surface area contributed by atoms with E-state index in [9.17, 15) is 24.3 Å². The number of para-hydroxylation sites is 1. The molecule has 0 aliphatic heterocycles. The number of aryl methyl sites for hydroxylation is 2. The van der Waals surface area contributed by atoms with Gasteiger partial charge in [0, 0.05) is 18.7 Å². The lowest BCUT2D eigenvalue weighted by atomic mass is 10.0. The van der Waals surface area contributed by atoms with Crippen molar-refractivity contribution in [2.75, 3.05) is 18.5 Å². The zero-order valence-electron chi connectivity index (χ0n) is 22.6. The molecule has 2 atom stereocenters. The molecular formula is C28H38N4O6. The van der Waals surface area contributed by atoms with E-state index in [0.29, 0.717) is 11.3 Å². The highest BCUT2D eigenvalue weighted by molar-refractivity contribution is 6.00. The number of aliphatic hydroxyl groups is 1. The third kappa shape index (κ3) is 8.88. The van der Waals surface area contributed by atoms with E-state index in [-0.39, 0.29) is 19.4 Å². The summed E-state index contributed by atoms with van der Waals surface area (Å²) in [5.74, 6) is -1.83. The second kappa shape index (κ2) is 13.6. The number of nitrogens with two attached hydrogens (primary N) is 1. The molecule has 0 aliphatic rings. The number of hydrogen-bond acceptors (Lipinski definition) is 6. The number of aliphatic hydroxyl groups excluding tert-OH is 1. The Morgan fingerprint density at radius 3 is 2.13 bits per heavy atom. The number of carbonyl (C=O) groups excluding carboxylic acids is 4. The lowest BCUT2D eigenvalue weighted by Crippen LogP contribution is -2.53. The van der Waals surface area contributed by atoms with Crippen LogP contribution in [-0.4, -0.2) is 58.6 Å². The number of benzene rings is 2. The van der Waals surface area contributed by atoms with Crippen molar-refractivity contribution < 1.29 is 29.0 Å². The van der Waals surface area contributed by atoms with Gasteiger partial charge in [-0.15, -0.1) is 0 Å². The Morgan fingerprint density at radius 2 is 1.61 bits per heavy atom. The summed E-state index contributed by atoms with van der Waals surface area (Å²) in [6.45, 7) is 8.10. The van der Waals surface area contributed by atoms with Crippen LogP contribution in [-0.2, 0) is 19.1 Å². The highest BCUT2D eigenvalue weighted by atomic mass is 16.6. The van der Waals surface area contributed by atoms with Gasteiger partial charge < -0.3 is 31.1 Å². The maximum Gasteiger partial charge on any atom is 0.408 e. The highest BCUT2D eigenvalue weighted by Crippen LogP contribution is 2.27. The fourth-order valence-corrected chi connectivity index (χ4v) is 3.98. The molecule has 0 saturated heterocycles. The summed E-state index contributed by atoms with van der Waals surface area (Å²) in [7, 11) is 0. The number of nitrogens with one attached hydrogen (secondary N) is 2. The standard InChI is InChI=1S/C28H38N4O6/c1-18-10-9-11-19(2)23(18)31-25(35)24(20-12-7-6-8-13-20)32(16-17-33)26(36)21(14-15-22(29)34)30-27(37)38-28(3,4)5/h6-13,21,24,33H,14-17H2,1-5H3,(H2,29,34)(H,30,37)(H,31,35). The molecule has 0 saturated carbocycles. The molecule has 5 N–H and O–H groups in total. The summed E-state index contributed by atoms with van der Waals surface area (Å²) in [6, 6.07) is 11.9. The van der Waals surface area contributed by atoms with Crippen LogP contribution in [0.15, 0.2) is 48.5 Å². The highest BCUT2D eigenvalue weighted by Gasteiger charge is 2.36. The van der Waals surface area contributed by atoms with E-state index in [1.165, 1.54) is 4.90 Å². The summed E-state index contributed by atoms with van der Waals surface area (Å²) in [5.41, 5.74) is 7.29. The van der Waals surface area contributed by atoms with Crippen LogP contribution < -0.4 is 16.4 Å². The van der Waals surface area contributed by atoms with E-state index < -0.39 is 48.1 Å². The van der Waals surface area contributed by atoms with Gasteiger partial charge >= 0.3 is 6.09 Å². The third-order valence-electron chi connectivity index (χ3n) is 5.70. The first-order valence-corrected chi connectivity index (χ1v) is 12.4. The molecule has 0 aliphatic carbocycles. The Balaban J connectivity index is 2.49. The third-order valence-corrected chi connectivity index (χ3v) is 5.70. The molecule has 0 spiro atoms. The van der Waals surface area contributed by atoms with Crippen molar-refractivity contribution in [3.63, 3.8) is 0 Å². The number of alkyl carbamates (subject to hydrolysis) is 1. The molecule has 2 aromatic carbocycles. The Kier molecular flexibility index (Phi) is 10.8. The number of ether oxygens (including phenoxy) is 1. The van der Waals surface area contributed by atoms with Crippen molar-refractivity contribution >= 4 is 29.5 Å². The topological polar surface area (TPSA) is 151 Å². The lowest BCUT2D eigenvalue weighted by Gasteiger charge is -2.34. The second-order valence-corrected chi connectivity index (χ2v) is 10.0. The molecule has 0 radical (unpaired) electrons. The minimum atomic E-state index is -1.23. The molecule has 0 aromatic heterocycles. The van der Waals surface area contributed by atoms with Crippen LogP contribution in [0.25, 0.3) is 0 Å². The van der Waals surface area contributed by atoms with E-state index in [2.05, 4.69) is 10.6 Å². The van der Waals surface area contributed by atoms with Crippen LogP contribution in [0.2, 0.25) is 0 Å². The first-order valence-electron chi connectivity index (χ1n) is 12.4. The van der Waals surface area contributed by atoms with Gasteiger partial charge in [0.05, 0.1) is 6.61 Å². The van der Waals surface area contributed by atoms with Crippen molar-refractivity contribution in [3.8, 4) is 0 Å². The van der Waals surface area contributed by atoms with Crippen LogP contribution in [0.1, 0.15) is 56.3 Å². The van der Waals surface area contributed by atoms with Crippen LogP contribution in [0.3, 0.4) is 0 Å². The quantitative estimate of drug-likeness (QED) is 0.353. The van der Waals surface area contributed by atoms with Gasteiger partial charge in [0.1, 0.15) is 17.7 Å². The van der Waals surface area contributed by atoms with Gasteiger partial charge in [-0.1, -0.05) is 48.5 Å². The van der Waals surface area contributed by atoms with Gasteiger partial charge in [0.15, 0.2) is 0 Å². The zero-order chi connectivity index (χ0) is 28.5. The Labute approximate surface area is 223 Å². The maximum absolute atomic E-state index is 13.9. The van der Waals surface area contributed by atoms with Gasteiger partial charge in [-0.3, -0.25) is 14.4 Å². The number of carbonyl (C=O) groups is 4. The largest absolute Gasteiger partial charge is 0.444 e. The van der Waals surface area contributed by atoms with E-state index in [0.717, 1.165) is 11.1 Å². The molecule has 2 aromatic rings. The summed E-state index contributed by atoms with van der Waals surface area (Å²) < 4.78 is 5.30. The molecule has 4 amide bonds. The Hall–Kier alpha value is -3.92. The molecule has 2 unspecified atom stereocenters. The van der Waals surface area contributed by atoms with Gasteiger partial charge in [-0.2, -0.15) is 0 Å². The Morgan fingerprint density at radius 1 is 1.00 bits per heavy atom. The summed E-state index contributed by atoms with van der Waals surface area (Å²) in [5, 5.41) is 15.3. The minimum Gasteiger partial charge on any atom is -0.444 e. The van der Waals surface area contributed by atoms with E-state index in [4.69, 9.17) is 10.5 Å². The zero-order valence-corrected chi connectivity index (χ0v) is 22.6. The predicted octanol–water partition coefficient (Wildman–Crippen LogP) is 2.96. The summed E-state index contributed by atoms with van der Waals surface area (Å²) >= 11 is 0. The number of hydrogen-bond donors (Lipinski definition) is 4. The lowest BCUT2D eigenvalue weighted by molar-refractivity contribution is -0.141. The first-order chi connectivity index (χ1) is 17.8. The fourth-order valence-electron chi connectivity index (χ4n) is 3.98. The van der Waals surface area contributed by atoms with E-state index in [1.807, 2.05) is 32.0 Å². The number of anilines is 1. The summed E-state index contributed by atoms with van der Waals surface area (Å²) in [4.78, 5) is 52.9. The van der Waals surface area contributed by atoms with Crippen LogP contribution in [0, 0.1) is 13.8 Å². The molecule has 2 rings (SSSR count). The molecule has 0 heterocycles. The summed E-state index contributed by atoms with van der Waals surface area (Å²) in [6.07, 6.45) is -1.17. The molecule has 206 valence electrons. The normalized spacial score (nSPS) is 12.7. The predicted molar refractivity (Wildman–Crippen MR) is 144 cm³/mol. The van der Waals surface area contributed by atoms with Crippen LogP contribution in [0.5, 0.6) is 0 Å².